The minimum absolute atomic E-state index is 0.793. The molecule has 0 amide bonds. The fraction of sp³-hybridized carbons (Fsp3) is 1.00. The maximum absolute atomic E-state index is 3.54. The molecule has 17 heavy (non-hydrogen) atoms. The molecule has 1 heterocycles. The van der Waals surface area contributed by atoms with Gasteiger partial charge in [-0.15, -0.1) is 0 Å². The highest BCUT2D eigenvalue weighted by molar-refractivity contribution is 5.08. The van der Waals surface area contributed by atoms with E-state index >= 15 is 0 Å². The Morgan fingerprint density at radius 1 is 0.941 bits per heavy atom. The molecule has 1 aliphatic heterocycles. The summed E-state index contributed by atoms with van der Waals surface area (Å²) in [5.74, 6) is 1.07. The molecule has 0 radical (unpaired) electrons. The summed E-state index contributed by atoms with van der Waals surface area (Å²) in [6.07, 6.45) is 16.2. The van der Waals surface area contributed by atoms with Crippen molar-refractivity contribution in [3.8, 4) is 0 Å². The zero-order chi connectivity index (χ0) is 12.0. The Labute approximate surface area is 108 Å². The van der Waals surface area contributed by atoms with E-state index in [0.717, 1.165) is 11.3 Å². The predicted molar refractivity (Wildman–Crippen MR) is 75.3 cm³/mol. The SMILES string of the molecule is CCCCCCCCCCCC12CNCC1C2. The van der Waals surface area contributed by atoms with Crippen molar-refractivity contribution >= 4 is 0 Å². The molecule has 0 aromatic rings. The van der Waals surface area contributed by atoms with E-state index in [1.54, 1.807) is 0 Å². The van der Waals surface area contributed by atoms with Crippen LogP contribution in [-0.4, -0.2) is 13.1 Å². The summed E-state index contributed by atoms with van der Waals surface area (Å²) < 4.78 is 0. The second kappa shape index (κ2) is 6.78. The average Bonchev–Trinajstić information content (AvgIpc) is 2.89. The van der Waals surface area contributed by atoms with Crippen LogP contribution in [0.15, 0.2) is 0 Å². The molecule has 1 heteroatoms. The number of unbranched alkanes of at least 4 members (excludes halogenated alkanes) is 8. The van der Waals surface area contributed by atoms with Gasteiger partial charge >= 0.3 is 0 Å². The largest absolute Gasteiger partial charge is 0.316 e. The number of nitrogens with one attached hydrogen (secondary N) is 1. The molecule has 0 bridgehead atoms. The zero-order valence-corrected chi connectivity index (χ0v) is 11.8. The van der Waals surface area contributed by atoms with Crippen molar-refractivity contribution in [1.29, 1.82) is 0 Å². The highest BCUT2D eigenvalue weighted by atomic mass is 15.0. The Balaban J connectivity index is 1.35. The van der Waals surface area contributed by atoms with Gasteiger partial charge < -0.3 is 5.32 Å². The van der Waals surface area contributed by atoms with Gasteiger partial charge in [-0.3, -0.25) is 0 Å². The van der Waals surface area contributed by atoms with Crippen molar-refractivity contribution in [2.75, 3.05) is 13.1 Å². The van der Waals surface area contributed by atoms with Crippen LogP contribution in [0.25, 0.3) is 0 Å². The van der Waals surface area contributed by atoms with E-state index in [0.29, 0.717) is 0 Å². The van der Waals surface area contributed by atoms with Crippen LogP contribution >= 0.6 is 0 Å². The first-order valence-corrected chi connectivity index (χ1v) is 8.08. The quantitative estimate of drug-likeness (QED) is 0.551. The zero-order valence-electron chi connectivity index (χ0n) is 11.8. The Morgan fingerprint density at radius 3 is 2.12 bits per heavy atom. The third kappa shape index (κ3) is 3.98. The average molecular weight is 237 g/mol. The summed E-state index contributed by atoms with van der Waals surface area (Å²) in [5, 5.41) is 3.54. The molecule has 1 saturated heterocycles. The molecule has 0 aromatic carbocycles. The molecule has 2 unspecified atom stereocenters. The van der Waals surface area contributed by atoms with Crippen LogP contribution in [0.2, 0.25) is 0 Å². The first-order chi connectivity index (χ1) is 8.37. The van der Waals surface area contributed by atoms with E-state index in [2.05, 4.69) is 12.2 Å². The van der Waals surface area contributed by atoms with E-state index in [-0.39, 0.29) is 0 Å². The van der Waals surface area contributed by atoms with Crippen LogP contribution in [0.5, 0.6) is 0 Å². The monoisotopic (exact) mass is 237 g/mol. The van der Waals surface area contributed by atoms with Crippen LogP contribution in [0.4, 0.5) is 0 Å². The van der Waals surface area contributed by atoms with Gasteiger partial charge in [0.2, 0.25) is 0 Å². The van der Waals surface area contributed by atoms with Crippen molar-refractivity contribution in [1.82, 2.24) is 5.32 Å². The van der Waals surface area contributed by atoms with Crippen LogP contribution in [0, 0.1) is 11.3 Å². The van der Waals surface area contributed by atoms with Gasteiger partial charge in [0.05, 0.1) is 0 Å². The van der Waals surface area contributed by atoms with Crippen LogP contribution in [0.3, 0.4) is 0 Å². The lowest BCUT2D eigenvalue weighted by molar-refractivity contribution is 0.434. The normalized spacial score (nSPS) is 30.5. The molecule has 2 aliphatic rings. The van der Waals surface area contributed by atoms with E-state index in [1.807, 2.05) is 0 Å². The lowest BCUT2D eigenvalue weighted by atomic mass is 9.96. The van der Waals surface area contributed by atoms with Crippen molar-refractivity contribution in [2.24, 2.45) is 11.3 Å². The molecule has 2 atom stereocenters. The number of hydrogen-bond acceptors (Lipinski definition) is 1. The summed E-state index contributed by atoms with van der Waals surface area (Å²) in [6, 6.07) is 0. The van der Waals surface area contributed by atoms with Gasteiger partial charge in [-0.05, 0) is 30.7 Å². The molecule has 2 fully saturated rings. The summed E-state index contributed by atoms with van der Waals surface area (Å²) in [6.45, 7) is 4.94. The number of piperidine rings is 1. The number of fused-ring (bicyclic) bond motifs is 1. The molecule has 2 rings (SSSR count). The van der Waals surface area contributed by atoms with Gasteiger partial charge in [0.1, 0.15) is 0 Å². The van der Waals surface area contributed by atoms with Crippen LogP contribution in [-0.2, 0) is 0 Å². The van der Waals surface area contributed by atoms with Crippen molar-refractivity contribution in [3.05, 3.63) is 0 Å². The van der Waals surface area contributed by atoms with Gasteiger partial charge in [0.15, 0.2) is 0 Å². The molecule has 0 spiro atoms. The smallest absolute Gasteiger partial charge is 0.00112 e. The second-order valence-corrected chi connectivity index (χ2v) is 6.47. The molecular formula is C16H31N. The molecule has 1 nitrogen and oxygen atoms in total. The molecule has 0 aromatic heterocycles. The fourth-order valence-electron chi connectivity index (χ4n) is 3.61. The van der Waals surface area contributed by atoms with E-state index < -0.39 is 0 Å². The summed E-state index contributed by atoms with van der Waals surface area (Å²) in [7, 11) is 0. The van der Waals surface area contributed by atoms with Gasteiger partial charge in [-0.2, -0.15) is 0 Å². The first kappa shape index (κ1) is 13.4. The van der Waals surface area contributed by atoms with Crippen LogP contribution < -0.4 is 5.32 Å². The Kier molecular flexibility index (Phi) is 5.34. The van der Waals surface area contributed by atoms with Gasteiger partial charge in [0.25, 0.3) is 0 Å². The van der Waals surface area contributed by atoms with Gasteiger partial charge in [-0.1, -0.05) is 64.7 Å². The first-order valence-electron chi connectivity index (χ1n) is 8.08. The minimum atomic E-state index is 0.793. The molecular weight excluding hydrogens is 206 g/mol. The topological polar surface area (TPSA) is 12.0 Å². The molecule has 1 aliphatic carbocycles. The highest BCUT2D eigenvalue weighted by Crippen LogP contribution is 2.58. The standard InChI is InChI=1S/C16H31N/c1-2-3-4-5-6-7-8-9-10-11-16-12-15(16)13-17-14-16/h15,17H,2-14H2,1H3. The summed E-state index contributed by atoms with van der Waals surface area (Å²) in [4.78, 5) is 0. The van der Waals surface area contributed by atoms with Crippen molar-refractivity contribution in [2.45, 2.75) is 77.6 Å². The van der Waals surface area contributed by atoms with Gasteiger partial charge in [-0.25, -0.2) is 0 Å². The fourth-order valence-corrected chi connectivity index (χ4v) is 3.61. The maximum Gasteiger partial charge on any atom is 0.00112 e. The van der Waals surface area contributed by atoms with E-state index in [9.17, 15) is 0 Å². The maximum atomic E-state index is 3.54. The molecule has 1 saturated carbocycles. The van der Waals surface area contributed by atoms with Crippen molar-refractivity contribution < 1.29 is 0 Å². The van der Waals surface area contributed by atoms with Crippen LogP contribution in [0.1, 0.15) is 77.6 Å². The summed E-state index contributed by atoms with van der Waals surface area (Å²) >= 11 is 0. The lowest BCUT2D eigenvalue weighted by Crippen LogP contribution is -2.16. The van der Waals surface area contributed by atoms with Crippen molar-refractivity contribution in [3.63, 3.8) is 0 Å². The number of hydrogen-bond donors (Lipinski definition) is 1. The van der Waals surface area contributed by atoms with Gasteiger partial charge in [0, 0.05) is 6.54 Å². The highest BCUT2D eigenvalue weighted by Gasteiger charge is 2.55. The predicted octanol–water partition coefficient (Wildman–Crippen LogP) is 4.52. The van der Waals surface area contributed by atoms with E-state index in [1.165, 1.54) is 83.7 Å². The Hall–Kier alpha value is -0.0400. The lowest BCUT2D eigenvalue weighted by Gasteiger charge is -2.10. The van der Waals surface area contributed by atoms with E-state index in [4.69, 9.17) is 0 Å². The Bertz CT molecular complexity index is 214. The molecule has 100 valence electrons. The second-order valence-electron chi connectivity index (χ2n) is 6.47. The summed E-state index contributed by atoms with van der Waals surface area (Å²) in [5.41, 5.74) is 0.793. The minimum Gasteiger partial charge on any atom is -0.316 e. The third-order valence-electron chi connectivity index (χ3n) is 5.00. The molecule has 1 N–H and O–H groups in total. The number of rotatable bonds is 10. The Morgan fingerprint density at radius 2 is 1.59 bits per heavy atom. The third-order valence-corrected chi connectivity index (χ3v) is 5.00.